The van der Waals surface area contributed by atoms with E-state index < -0.39 is 34.0 Å². The molecule has 2 N–H and O–H groups in total. The van der Waals surface area contributed by atoms with Gasteiger partial charge in [-0.15, -0.1) is 6.58 Å². The molecule has 7 nitrogen and oxygen atoms in total. The molecule has 0 unspecified atom stereocenters. The van der Waals surface area contributed by atoms with E-state index in [1.807, 2.05) is 20.8 Å². The Kier molecular flexibility index (Phi) is 8.65. The van der Waals surface area contributed by atoms with Crippen LogP contribution in [0.2, 0.25) is 0 Å². The summed E-state index contributed by atoms with van der Waals surface area (Å²) in [6.07, 6.45) is 0.699. The molecule has 0 saturated carbocycles. The fraction of sp³-hybridized carbons (Fsp3) is 0.474. The molecule has 2 atom stereocenters. The number of amides is 1. The highest BCUT2D eigenvalue weighted by Crippen LogP contribution is 2.14. The maximum absolute atomic E-state index is 12.6. The van der Waals surface area contributed by atoms with Crippen LogP contribution in [0.15, 0.2) is 41.8 Å². The van der Waals surface area contributed by atoms with Crippen molar-refractivity contribution in [3.63, 3.8) is 0 Å². The lowest BCUT2D eigenvalue weighted by atomic mass is 10.0. The largest absolute Gasteiger partial charge is 0.451 e. The second kappa shape index (κ2) is 10.2. The van der Waals surface area contributed by atoms with Gasteiger partial charge in [0.1, 0.15) is 6.04 Å². The number of hydrogen-bond acceptors (Lipinski definition) is 5. The molecule has 1 aromatic rings. The molecule has 0 heterocycles. The minimum absolute atomic E-state index is 0.0353. The predicted molar refractivity (Wildman–Crippen MR) is 104 cm³/mol. The van der Waals surface area contributed by atoms with E-state index in [9.17, 15) is 18.0 Å². The van der Waals surface area contributed by atoms with Crippen molar-refractivity contribution in [2.24, 2.45) is 5.92 Å². The van der Waals surface area contributed by atoms with Gasteiger partial charge in [-0.2, -0.15) is 4.72 Å². The standard InChI is InChI=1S/C19H28N2O5S/c1-6-11-20-18(22)15(5)26-19(23)17(12-13(2)3)21-27(24,25)16-9-7-14(4)8-10-16/h6-10,13,15,17,21H,1,11-12H2,2-5H3,(H,20,22)/t15-,17-/m1/s1. The van der Waals surface area contributed by atoms with Gasteiger partial charge in [0.05, 0.1) is 4.90 Å². The quantitative estimate of drug-likeness (QED) is 0.465. The highest BCUT2D eigenvalue weighted by Gasteiger charge is 2.30. The van der Waals surface area contributed by atoms with Gasteiger partial charge in [0, 0.05) is 6.54 Å². The number of rotatable bonds is 10. The van der Waals surface area contributed by atoms with Crippen molar-refractivity contribution in [1.29, 1.82) is 0 Å². The highest BCUT2D eigenvalue weighted by atomic mass is 32.2. The number of sulfonamides is 1. The molecule has 8 heteroatoms. The number of ether oxygens (including phenoxy) is 1. The number of benzene rings is 1. The number of aryl methyl sites for hydroxylation is 1. The summed E-state index contributed by atoms with van der Waals surface area (Å²) in [5.74, 6) is -1.23. The van der Waals surface area contributed by atoms with Crippen LogP contribution < -0.4 is 10.0 Å². The number of carbonyl (C=O) groups is 2. The van der Waals surface area contributed by atoms with Gasteiger partial charge in [-0.3, -0.25) is 9.59 Å². The first-order valence-corrected chi connectivity index (χ1v) is 10.2. The van der Waals surface area contributed by atoms with Crippen LogP contribution in [0.3, 0.4) is 0 Å². The molecule has 0 aliphatic heterocycles. The Morgan fingerprint density at radius 3 is 2.30 bits per heavy atom. The van der Waals surface area contributed by atoms with Crippen LogP contribution in [-0.4, -0.2) is 39.0 Å². The van der Waals surface area contributed by atoms with Crippen LogP contribution in [-0.2, 0) is 24.3 Å². The van der Waals surface area contributed by atoms with Gasteiger partial charge >= 0.3 is 5.97 Å². The maximum atomic E-state index is 12.6. The molecule has 150 valence electrons. The number of nitrogens with one attached hydrogen (secondary N) is 2. The second-order valence-electron chi connectivity index (χ2n) is 6.73. The zero-order valence-electron chi connectivity index (χ0n) is 16.2. The van der Waals surface area contributed by atoms with Gasteiger partial charge in [0.2, 0.25) is 10.0 Å². The van der Waals surface area contributed by atoms with Gasteiger partial charge in [-0.05, 0) is 38.3 Å². The van der Waals surface area contributed by atoms with Crippen molar-refractivity contribution in [2.75, 3.05) is 6.54 Å². The lowest BCUT2D eigenvalue weighted by Gasteiger charge is -2.21. The van der Waals surface area contributed by atoms with E-state index in [1.54, 1.807) is 12.1 Å². The molecule has 1 amide bonds. The molecule has 27 heavy (non-hydrogen) atoms. The molecule has 0 fully saturated rings. The van der Waals surface area contributed by atoms with E-state index in [-0.39, 0.29) is 23.8 Å². The van der Waals surface area contributed by atoms with Crippen molar-refractivity contribution in [3.05, 3.63) is 42.5 Å². The van der Waals surface area contributed by atoms with E-state index in [1.165, 1.54) is 25.1 Å². The van der Waals surface area contributed by atoms with Gasteiger partial charge in [0.15, 0.2) is 6.10 Å². The predicted octanol–water partition coefficient (Wildman–Crippen LogP) is 1.92. The molecule has 0 aromatic heterocycles. The third-order valence-corrected chi connectivity index (χ3v) is 5.19. The van der Waals surface area contributed by atoms with E-state index in [0.717, 1.165) is 5.56 Å². The Labute approximate surface area is 161 Å². The smallest absolute Gasteiger partial charge is 0.324 e. The number of carbonyl (C=O) groups excluding carboxylic acids is 2. The summed E-state index contributed by atoms with van der Waals surface area (Å²) in [6.45, 7) is 10.7. The molecule has 0 bridgehead atoms. The second-order valence-corrected chi connectivity index (χ2v) is 8.44. The average Bonchev–Trinajstić information content (AvgIpc) is 2.58. The third kappa shape index (κ3) is 7.52. The third-order valence-electron chi connectivity index (χ3n) is 3.70. The number of hydrogen-bond donors (Lipinski definition) is 2. The summed E-state index contributed by atoms with van der Waals surface area (Å²) in [5.41, 5.74) is 0.923. The van der Waals surface area contributed by atoms with E-state index in [4.69, 9.17) is 4.74 Å². The van der Waals surface area contributed by atoms with Crippen molar-refractivity contribution < 1.29 is 22.7 Å². The van der Waals surface area contributed by atoms with Gasteiger partial charge in [-0.25, -0.2) is 8.42 Å². The van der Waals surface area contributed by atoms with Crippen LogP contribution in [0.1, 0.15) is 32.8 Å². The molecule has 1 rings (SSSR count). The molecule has 0 spiro atoms. The minimum Gasteiger partial charge on any atom is -0.451 e. The van der Waals surface area contributed by atoms with E-state index >= 15 is 0 Å². The average molecular weight is 397 g/mol. The first kappa shape index (κ1) is 22.9. The maximum Gasteiger partial charge on any atom is 0.324 e. The fourth-order valence-corrected chi connectivity index (χ4v) is 3.46. The van der Waals surface area contributed by atoms with Crippen molar-refractivity contribution >= 4 is 21.9 Å². The van der Waals surface area contributed by atoms with Crippen molar-refractivity contribution in [2.45, 2.75) is 51.2 Å². The zero-order valence-corrected chi connectivity index (χ0v) is 17.0. The molecule has 0 aliphatic carbocycles. The van der Waals surface area contributed by atoms with Gasteiger partial charge < -0.3 is 10.1 Å². The van der Waals surface area contributed by atoms with E-state index in [2.05, 4.69) is 16.6 Å². The molecule has 0 saturated heterocycles. The summed E-state index contributed by atoms with van der Waals surface area (Å²) in [7, 11) is -3.90. The normalized spacial score (nSPS) is 13.7. The first-order chi connectivity index (χ1) is 12.6. The van der Waals surface area contributed by atoms with Crippen molar-refractivity contribution in [3.8, 4) is 0 Å². The van der Waals surface area contributed by atoms with Crippen LogP contribution in [0, 0.1) is 12.8 Å². The lowest BCUT2D eigenvalue weighted by molar-refractivity contribution is -0.156. The zero-order chi connectivity index (χ0) is 20.6. The van der Waals surface area contributed by atoms with Crippen LogP contribution in [0.4, 0.5) is 0 Å². The Bertz CT molecular complexity index is 757. The van der Waals surface area contributed by atoms with E-state index in [0.29, 0.717) is 0 Å². The first-order valence-electron chi connectivity index (χ1n) is 8.75. The summed E-state index contributed by atoms with van der Waals surface area (Å²) in [4.78, 5) is 24.4. The Hall–Kier alpha value is -2.19. The Morgan fingerprint density at radius 1 is 1.19 bits per heavy atom. The van der Waals surface area contributed by atoms with Crippen molar-refractivity contribution in [1.82, 2.24) is 10.0 Å². The minimum atomic E-state index is -3.90. The summed E-state index contributed by atoms with van der Waals surface area (Å²) >= 11 is 0. The van der Waals surface area contributed by atoms with Crippen LogP contribution in [0.25, 0.3) is 0 Å². The lowest BCUT2D eigenvalue weighted by Crippen LogP contribution is -2.45. The molecule has 1 aromatic carbocycles. The summed E-state index contributed by atoms with van der Waals surface area (Å²) < 4.78 is 32.7. The fourth-order valence-electron chi connectivity index (χ4n) is 2.26. The topological polar surface area (TPSA) is 102 Å². The molecule has 0 aliphatic rings. The Balaban J connectivity index is 2.91. The monoisotopic (exact) mass is 396 g/mol. The Morgan fingerprint density at radius 2 is 1.78 bits per heavy atom. The molecular weight excluding hydrogens is 368 g/mol. The SMILES string of the molecule is C=CCNC(=O)[C@@H](C)OC(=O)[C@@H](CC(C)C)NS(=O)(=O)c1ccc(C)cc1. The highest BCUT2D eigenvalue weighted by molar-refractivity contribution is 7.89. The number of esters is 1. The molecule has 0 radical (unpaired) electrons. The summed E-state index contributed by atoms with van der Waals surface area (Å²) in [5, 5.41) is 2.52. The summed E-state index contributed by atoms with van der Waals surface area (Å²) in [6, 6.07) is 5.21. The molecular formula is C19H28N2O5S. The van der Waals surface area contributed by atoms with Crippen LogP contribution >= 0.6 is 0 Å². The van der Waals surface area contributed by atoms with Gasteiger partial charge in [0.25, 0.3) is 5.91 Å². The van der Waals surface area contributed by atoms with Crippen LogP contribution in [0.5, 0.6) is 0 Å². The van der Waals surface area contributed by atoms with Gasteiger partial charge in [-0.1, -0.05) is 37.6 Å².